The predicted molar refractivity (Wildman–Crippen MR) is 46.9 cm³/mol. The maximum Gasteiger partial charge on any atom is 0.174 e. The molecule has 0 atom stereocenters. The number of rotatable bonds is 3. The lowest BCUT2D eigenvalue weighted by molar-refractivity contribution is 0.109. The van der Waals surface area contributed by atoms with E-state index in [4.69, 9.17) is 0 Å². The molecule has 0 spiro atoms. The van der Waals surface area contributed by atoms with Gasteiger partial charge in [0.2, 0.25) is 0 Å². The fourth-order valence-electron chi connectivity index (χ4n) is 1.09. The van der Waals surface area contributed by atoms with Gasteiger partial charge in [0, 0.05) is 12.4 Å². The third-order valence-corrected chi connectivity index (χ3v) is 1.71. The topological polar surface area (TPSA) is 91.5 Å². The number of nitrogens with zero attached hydrogens (tertiary/aromatic N) is 2. The van der Waals surface area contributed by atoms with E-state index in [-0.39, 0.29) is 11.4 Å². The summed E-state index contributed by atoms with van der Waals surface area (Å²) in [5.41, 5.74) is 0.248. The molecule has 0 aliphatic carbocycles. The van der Waals surface area contributed by atoms with Crippen LogP contribution in [0.3, 0.4) is 0 Å². The molecule has 0 unspecified atom stereocenters. The van der Waals surface area contributed by atoms with Crippen LogP contribution in [0.25, 0.3) is 11.6 Å². The second kappa shape index (κ2) is 3.25. The highest BCUT2D eigenvalue weighted by Crippen LogP contribution is 2.11. The minimum absolute atomic E-state index is 0.0893. The van der Waals surface area contributed by atoms with Crippen LogP contribution in [0.1, 0.15) is 21.0 Å². The Labute approximate surface area is 78.4 Å². The first-order valence-electron chi connectivity index (χ1n) is 3.85. The molecular formula is C8H6N4O2. The van der Waals surface area contributed by atoms with Gasteiger partial charge in [0.05, 0.1) is 0 Å². The molecule has 70 valence electrons. The van der Waals surface area contributed by atoms with Crippen molar-refractivity contribution in [2.75, 3.05) is 0 Å². The molecule has 0 aliphatic rings. The van der Waals surface area contributed by atoms with Crippen LogP contribution in [0.2, 0.25) is 0 Å². The van der Waals surface area contributed by atoms with E-state index in [1.807, 2.05) is 0 Å². The highest BCUT2D eigenvalue weighted by molar-refractivity contribution is 5.87. The van der Waals surface area contributed by atoms with Crippen LogP contribution in [0.4, 0.5) is 0 Å². The van der Waals surface area contributed by atoms with Gasteiger partial charge in [0.1, 0.15) is 11.4 Å². The summed E-state index contributed by atoms with van der Waals surface area (Å²) in [5, 5.41) is 0. The number of H-pyrrole nitrogens is 2. The van der Waals surface area contributed by atoms with Gasteiger partial charge in [-0.05, 0) is 0 Å². The van der Waals surface area contributed by atoms with Gasteiger partial charge in [-0.3, -0.25) is 9.59 Å². The molecular weight excluding hydrogens is 184 g/mol. The molecule has 6 nitrogen and oxygen atoms in total. The number of hydrogen-bond acceptors (Lipinski definition) is 4. The minimum Gasteiger partial charge on any atom is -0.342 e. The monoisotopic (exact) mass is 190 g/mol. The van der Waals surface area contributed by atoms with Crippen LogP contribution in [-0.2, 0) is 0 Å². The molecule has 0 aliphatic heterocycles. The number of carbonyl (C=O) groups is 2. The molecule has 0 amide bonds. The Morgan fingerprint density at radius 2 is 2.07 bits per heavy atom. The molecule has 2 aromatic heterocycles. The molecule has 0 saturated carbocycles. The van der Waals surface area contributed by atoms with Crippen LogP contribution in [0.5, 0.6) is 0 Å². The average molecular weight is 190 g/mol. The SMILES string of the molecule is O=Cc1nc(-c2ncc[nH]2)[nH]c1C=O. The fraction of sp³-hybridized carbons (Fsp3) is 0. The number of imidazole rings is 2. The zero-order valence-electron chi connectivity index (χ0n) is 7.02. The van der Waals surface area contributed by atoms with E-state index in [9.17, 15) is 9.59 Å². The van der Waals surface area contributed by atoms with Crippen LogP contribution >= 0.6 is 0 Å². The Bertz CT molecular complexity index is 432. The lowest BCUT2D eigenvalue weighted by Crippen LogP contribution is -1.86. The van der Waals surface area contributed by atoms with E-state index in [0.717, 1.165) is 0 Å². The molecule has 6 heteroatoms. The summed E-state index contributed by atoms with van der Waals surface area (Å²) < 4.78 is 0. The minimum atomic E-state index is 0.0893. The first-order valence-corrected chi connectivity index (χ1v) is 3.85. The maximum absolute atomic E-state index is 10.5. The van der Waals surface area contributed by atoms with E-state index < -0.39 is 0 Å². The van der Waals surface area contributed by atoms with Crippen molar-refractivity contribution in [2.45, 2.75) is 0 Å². The third-order valence-electron chi connectivity index (χ3n) is 1.71. The third kappa shape index (κ3) is 1.22. The Kier molecular flexibility index (Phi) is 1.94. The van der Waals surface area contributed by atoms with Crippen LogP contribution < -0.4 is 0 Å². The summed E-state index contributed by atoms with van der Waals surface area (Å²) in [4.78, 5) is 34.3. The summed E-state index contributed by atoms with van der Waals surface area (Å²) in [6.45, 7) is 0. The molecule has 0 saturated heterocycles. The molecule has 2 N–H and O–H groups in total. The zero-order chi connectivity index (χ0) is 9.97. The van der Waals surface area contributed by atoms with Crippen molar-refractivity contribution >= 4 is 12.6 Å². The molecule has 0 bridgehead atoms. The largest absolute Gasteiger partial charge is 0.342 e. The second-order valence-electron chi connectivity index (χ2n) is 2.56. The summed E-state index contributed by atoms with van der Waals surface area (Å²) in [6, 6.07) is 0. The Hall–Kier alpha value is -2.24. The summed E-state index contributed by atoms with van der Waals surface area (Å²) in [5.74, 6) is 0.861. The first-order chi connectivity index (χ1) is 6.85. The Morgan fingerprint density at radius 1 is 1.21 bits per heavy atom. The quantitative estimate of drug-likeness (QED) is 0.686. The van der Waals surface area contributed by atoms with E-state index in [0.29, 0.717) is 24.2 Å². The molecule has 0 aromatic carbocycles. The number of aldehydes is 2. The van der Waals surface area contributed by atoms with Gasteiger partial charge < -0.3 is 9.97 Å². The van der Waals surface area contributed by atoms with E-state index in [1.165, 1.54) is 0 Å². The molecule has 0 fully saturated rings. The van der Waals surface area contributed by atoms with E-state index >= 15 is 0 Å². The number of hydrogen-bond donors (Lipinski definition) is 2. The first kappa shape index (κ1) is 8.36. The van der Waals surface area contributed by atoms with E-state index in [1.54, 1.807) is 12.4 Å². The van der Waals surface area contributed by atoms with Crippen molar-refractivity contribution in [3.63, 3.8) is 0 Å². The highest BCUT2D eigenvalue weighted by atomic mass is 16.1. The summed E-state index contributed by atoms with van der Waals surface area (Å²) >= 11 is 0. The highest BCUT2D eigenvalue weighted by Gasteiger charge is 2.11. The van der Waals surface area contributed by atoms with Crippen LogP contribution in [0.15, 0.2) is 12.4 Å². The summed E-state index contributed by atoms with van der Waals surface area (Å²) in [7, 11) is 0. The van der Waals surface area contributed by atoms with Gasteiger partial charge in [0.25, 0.3) is 0 Å². The lowest BCUT2D eigenvalue weighted by Gasteiger charge is -1.86. The number of carbonyl (C=O) groups excluding carboxylic acids is 2. The van der Waals surface area contributed by atoms with Crippen molar-refractivity contribution in [2.24, 2.45) is 0 Å². The average Bonchev–Trinajstić information content (AvgIpc) is 2.85. The maximum atomic E-state index is 10.5. The molecule has 0 radical (unpaired) electrons. The number of aromatic nitrogens is 4. The Morgan fingerprint density at radius 3 is 2.57 bits per heavy atom. The van der Waals surface area contributed by atoms with Gasteiger partial charge in [-0.1, -0.05) is 0 Å². The van der Waals surface area contributed by atoms with Gasteiger partial charge in [-0.25, -0.2) is 9.97 Å². The lowest BCUT2D eigenvalue weighted by atomic mass is 10.4. The van der Waals surface area contributed by atoms with Crippen LogP contribution in [-0.4, -0.2) is 32.5 Å². The molecule has 2 rings (SSSR count). The van der Waals surface area contributed by atoms with Gasteiger partial charge in [0.15, 0.2) is 24.2 Å². The summed E-state index contributed by atoms with van der Waals surface area (Å²) in [6.07, 6.45) is 4.24. The molecule has 2 heterocycles. The zero-order valence-corrected chi connectivity index (χ0v) is 7.02. The van der Waals surface area contributed by atoms with Crippen LogP contribution in [0, 0.1) is 0 Å². The Balaban J connectivity index is 2.51. The normalized spacial score (nSPS) is 10.0. The predicted octanol–water partition coefficient (Wildman–Crippen LogP) is 0.425. The van der Waals surface area contributed by atoms with Crippen molar-refractivity contribution in [3.8, 4) is 11.6 Å². The van der Waals surface area contributed by atoms with Gasteiger partial charge >= 0.3 is 0 Å². The number of aromatic amines is 2. The molecule has 14 heavy (non-hydrogen) atoms. The van der Waals surface area contributed by atoms with Gasteiger partial charge in [-0.2, -0.15) is 0 Å². The van der Waals surface area contributed by atoms with Crippen molar-refractivity contribution in [1.82, 2.24) is 19.9 Å². The fourth-order valence-corrected chi connectivity index (χ4v) is 1.09. The van der Waals surface area contributed by atoms with Gasteiger partial charge in [-0.15, -0.1) is 0 Å². The number of nitrogens with one attached hydrogen (secondary N) is 2. The van der Waals surface area contributed by atoms with E-state index in [2.05, 4.69) is 19.9 Å². The molecule has 2 aromatic rings. The van der Waals surface area contributed by atoms with Crippen molar-refractivity contribution in [1.29, 1.82) is 0 Å². The van der Waals surface area contributed by atoms with Crippen molar-refractivity contribution < 1.29 is 9.59 Å². The second-order valence-corrected chi connectivity index (χ2v) is 2.56. The standard InChI is InChI=1S/C8H6N4O2/c13-3-5-6(4-14)12-8(11-5)7-9-1-2-10-7/h1-4H,(H,9,10)(H,11,12). The van der Waals surface area contributed by atoms with Crippen molar-refractivity contribution in [3.05, 3.63) is 23.8 Å². The smallest absolute Gasteiger partial charge is 0.174 e.